The molecule has 2 N–H and O–H groups in total. The molecular formula is C10H16N2. The van der Waals surface area contributed by atoms with Gasteiger partial charge < -0.3 is 10.6 Å². The van der Waals surface area contributed by atoms with Crippen molar-refractivity contribution in [2.75, 3.05) is 7.05 Å². The molecule has 0 saturated heterocycles. The van der Waals surface area contributed by atoms with E-state index in [9.17, 15) is 0 Å². The number of nitrogens with one attached hydrogen (secondary N) is 2. The maximum absolute atomic E-state index is 3.91. The van der Waals surface area contributed by atoms with E-state index in [2.05, 4.69) is 30.2 Å². The minimum Gasteiger partial charge on any atom is -0.361 e. The van der Waals surface area contributed by atoms with Gasteiger partial charge in [-0.05, 0) is 38.6 Å². The van der Waals surface area contributed by atoms with Gasteiger partial charge in [0.15, 0.2) is 0 Å². The van der Waals surface area contributed by atoms with Crippen LogP contribution in [0.15, 0.2) is 35.7 Å². The van der Waals surface area contributed by atoms with Crippen molar-refractivity contribution in [3.63, 3.8) is 0 Å². The van der Waals surface area contributed by atoms with Crippen LogP contribution in [0.25, 0.3) is 0 Å². The third kappa shape index (κ3) is 1.98. The molecule has 0 aromatic heterocycles. The normalized spacial score (nSPS) is 19.4. The van der Waals surface area contributed by atoms with Crippen LogP contribution in [0, 0.1) is 0 Å². The number of dihydropyridines is 1. The molecule has 0 spiro atoms. The Morgan fingerprint density at radius 3 is 2.67 bits per heavy atom. The third-order valence-electron chi connectivity index (χ3n) is 1.98. The summed E-state index contributed by atoms with van der Waals surface area (Å²) in [6, 6.07) is 0.352. The Bertz CT molecular complexity index is 249. The van der Waals surface area contributed by atoms with Crippen molar-refractivity contribution in [3.05, 3.63) is 35.7 Å². The van der Waals surface area contributed by atoms with Crippen molar-refractivity contribution in [3.8, 4) is 0 Å². The molecular weight excluding hydrogens is 148 g/mol. The monoisotopic (exact) mass is 164 g/mol. The lowest BCUT2D eigenvalue weighted by atomic mass is 10.1. The van der Waals surface area contributed by atoms with Crippen LogP contribution in [-0.4, -0.2) is 13.1 Å². The summed E-state index contributed by atoms with van der Waals surface area (Å²) in [5.74, 6) is 0. The van der Waals surface area contributed by atoms with E-state index in [1.165, 1.54) is 5.70 Å². The van der Waals surface area contributed by atoms with E-state index in [0.29, 0.717) is 6.04 Å². The minimum atomic E-state index is 0.352. The summed E-state index contributed by atoms with van der Waals surface area (Å²) in [5.41, 5.74) is 3.39. The van der Waals surface area contributed by atoms with Gasteiger partial charge in [0.2, 0.25) is 0 Å². The van der Waals surface area contributed by atoms with Crippen LogP contribution in [0.2, 0.25) is 0 Å². The van der Waals surface area contributed by atoms with E-state index in [0.717, 1.165) is 11.3 Å². The zero-order valence-corrected chi connectivity index (χ0v) is 7.94. The summed E-state index contributed by atoms with van der Waals surface area (Å²) >= 11 is 0. The molecule has 2 heteroatoms. The van der Waals surface area contributed by atoms with Crippen LogP contribution >= 0.6 is 0 Å². The summed E-state index contributed by atoms with van der Waals surface area (Å²) in [4.78, 5) is 0. The zero-order chi connectivity index (χ0) is 9.14. The lowest BCUT2D eigenvalue weighted by Crippen LogP contribution is -2.32. The van der Waals surface area contributed by atoms with Crippen molar-refractivity contribution < 1.29 is 0 Å². The quantitative estimate of drug-likeness (QED) is 0.647. The molecule has 0 radical (unpaired) electrons. The average Bonchev–Trinajstić information content (AvgIpc) is 2.01. The largest absolute Gasteiger partial charge is 0.361 e. The molecule has 1 aliphatic heterocycles. The Balaban J connectivity index is 2.75. The Hall–Kier alpha value is -1.02. The van der Waals surface area contributed by atoms with Gasteiger partial charge in [0.25, 0.3) is 0 Å². The van der Waals surface area contributed by atoms with Gasteiger partial charge in [-0.3, -0.25) is 0 Å². The number of rotatable bonds is 2. The third-order valence-corrected chi connectivity index (χ3v) is 1.98. The first-order valence-electron chi connectivity index (χ1n) is 4.16. The Morgan fingerprint density at radius 2 is 2.17 bits per heavy atom. The van der Waals surface area contributed by atoms with Crippen molar-refractivity contribution >= 4 is 0 Å². The molecule has 1 unspecified atom stereocenters. The highest BCUT2D eigenvalue weighted by Gasteiger charge is 2.09. The van der Waals surface area contributed by atoms with Gasteiger partial charge in [-0.1, -0.05) is 6.58 Å². The molecule has 1 heterocycles. The van der Waals surface area contributed by atoms with E-state index < -0.39 is 0 Å². The van der Waals surface area contributed by atoms with Crippen molar-refractivity contribution in [2.45, 2.75) is 19.9 Å². The van der Waals surface area contributed by atoms with E-state index in [-0.39, 0.29) is 0 Å². The average molecular weight is 164 g/mol. The molecule has 2 nitrogen and oxygen atoms in total. The van der Waals surface area contributed by atoms with Gasteiger partial charge in [-0.25, -0.2) is 0 Å². The molecule has 1 atom stereocenters. The molecule has 0 aliphatic carbocycles. The molecule has 0 fully saturated rings. The van der Waals surface area contributed by atoms with E-state index in [1.54, 1.807) is 0 Å². The second kappa shape index (κ2) is 3.59. The number of hydrogen-bond acceptors (Lipinski definition) is 2. The SMILES string of the molecule is C=C1C=C(C)NC(C(C)NC)=C1. The maximum atomic E-state index is 3.91. The Labute approximate surface area is 74.0 Å². The standard InChI is InChI=1S/C10H16N2/c1-7-5-8(2)12-10(6-7)9(3)11-4/h5-6,9,11-12H,1H2,2-4H3. The van der Waals surface area contributed by atoms with Crippen LogP contribution in [0.3, 0.4) is 0 Å². The highest BCUT2D eigenvalue weighted by atomic mass is 15.0. The fourth-order valence-electron chi connectivity index (χ4n) is 1.21. The first-order valence-corrected chi connectivity index (χ1v) is 4.16. The highest BCUT2D eigenvalue weighted by molar-refractivity contribution is 5.39. The predicted octanol–water partition coefficient (Wildman–Crippen LogP) is 1.54. The Morgan fingerprint density at radius 1 is 1.50 bits per heavy atom. The van der Waals surface area contributed by atoms with Crippen molar-refractivity contribution in [1.82, 2.24) is 10.6 Å². The molecule has 0 aromatic carbocycles. The Kier molecular flexibility index (Phi) is 2.71. The fourth-order valence-corrected chi connectivity index (χ4v) is 1.21. The summed E-state index contributed by atoms with van der Waals surface area (Å²) in [7, 11) is 1.95. The summed E-state index contributed by atoms with van der Waals surface area (Å²) in [6.07, 6.45) is 4.10. The van der Waals surface area contributed by atoms with Crippen LogP contribution in [0.5, 0.6) is 0 Å². The number of hydrogen-bond donors (Lipinski definition) is 2. The molecule has 66 valence electrons. The molecule has 0 bridgehead atoms. The van der Waals surface area contributed by atoms with E-state index in [4.69, 9.17) is 0 Å². The molecule has 0 amide bonds. The smallest absolute Gasteiger partial charge is 0.0441 e. The molecule has 12 heavy (non-hydrogen) atoms. The van der Waals surface area contributed by atoms with Gasteiger partial charge in [-0.2, -0.15) is 0 Å². The van der Waals surface area contributed by atoms with Crippen LogP contribution in [0.4, 0.5) is 0 Å². The van der Waals surface area contributed by atoms with Crippen LogP contribution in [0.1, 0.15) is 13.8 Å². The summed E-state index contributed by atoms with van der Waals surface area (Å²) < 4.78 is 0. The molecule has 1 aliphatic rings. The number of allylic oxidation sites excluding steroid dienone is 4. The molecule has 1 rings (SSSR count). The van der Waals surface area contributed by atoms with E-state index in [1.807, 2.05) is 20.0 Å². The van der Waals surface area contributed by atoms with Gasteiger partial charge in [0.05, 0.1) is 0 Å². The van der Waals surface area contributed by atoms with Crippen LogP contribution < -0.4 is 10.6 Å². The maximum Gasteiger partial charge on any atom is 0.0441 e. The summed E-state index contributed by atoms with van der Waals surface area (Å²) in [5, 5.41) is 6.47. The van der Waals surface area contributed by atoms with Crippen LogP contribution in [-0.2, 0) is 0 Å². The first kappa shape index (κ1) is 9.07. The van der Waals surface area contributed by atoms with Gasteiger partial charge >= 0.3 is 0 Å². The second-order valence-electron chi connectivity index (χ2n) is 3.14. The zero-order valence-electron chi connectivity index (χ0n) is 7.94. The topological polar surface area (TPSA) is 24.1 Å². The lowest BCUT2D eigenvalue weighted by Gasteiger charge is -2.21. The first-order chi connectivity index (χ1) is 5.63. The molecule has 0 aromatic rings. The lowest BCUT2D eigenvalue weighted by molar-refractivity contribution is 0.648. The number of likely N-dealkylation sites (N-methyl/N-ethyl adjacent to an activating group) is 1. The second-order valence-corrected chi connectivity index (χ2v) is 3.14. The van der Waals surface area contributed by atoms with Gasteiger partial charge in [0, 0.05) is 17.4 Å². The van der Waals surface area contributed by atoms with Crippen molar-refractivity contribution in [2.24, 2.45) is 0 Å². The van der Waals surface area contributed by atoms with E-state index >= 15 is 0 Å². The predicted molar refractivity (Wildman–Crippen MR) is 52.6 cm³/mol. The highest BCUT2D eigenvalue weighted by Crippen LogP contribution is 2.12. The summed E-state index contributed by atoms with van der Waals surface area (Å²) in [6.45, 7) is 8.07. The minimum absolute atomic E-state index is 0.352. The fraction of sp³-hybridized carbons (Fsp3) is 0.400. The van der Waals surface area contributed by atoms with Gasteiger partial charge in [-0.15, -0.1) is 0 Å². The van der Waals surface area contributed by atoms with Gasteiger partial charge in [0.1, 0.15) is 0 Å². The molecule has 0 saturated carbocycles. The van der Waals surface area contributed by atoms with Crippen molar-refractivity contribution in [1.29, 1.82) is 0 Å².